The van der Waals surface area contributed by atoms with Crippen molar-refractivity contribution < 1.29 is 4.79 Å². The van der Waals surface area contributed by atoms with Crippen molar-refractivity contribution in [2.24, 2.45) is 0 Å². The number of allylic oxidation sites excluding steroid dienone is 1. The summed E-state index contributed by atoms with van der Waals surface area (Å²) in [7, 11) is 0. The predicted octanol–water partition coefficient (Wildman–Crippen LogP) is 5.29. The fourth-order valence-electron chi connectivity index (χ4n) is 3.31. The fourth-order valence-corrected chi connectivity index (χ4v) is 5.06. The average Bonchev–Trinajstić information content (AvgIpc) is 3.17. The largest absolute Gasteiger partial charge is 0.301 e. The van der Waals surface area contributed by atoms with E-state index in [0.29, 0.717) is 28.8 Å². The van der Waals surface area contributed by atoms with Gasteiger partial charge in [-0.05, 0) is 36.8 Å². The molecule has 0 N–H and O–H groups in total. The van der Waals surface area contributed by atoms with Crippen LogP contribution in [0.3, 0.4) is 0 Å². The second-order valence-corrected chi connectivity index (χ2v) is 9.18. The van der Waals surface area contributed by atoms with Crippen molar-refractivity contribution in [1.82, 2.24) is 24.7 Å². The number of fused-ring (bicyclic) bond motifs is 1. The second-order valence-electron chi connectivity index (χ2n) is 7.29. The highest BCUT2D eigenvalue weighted by atomic mass is 32.2. The van der Waals surface area contributed by atoms with Gasteiger partial charge in [-0.25, -0.2) is 9.97 Å². The number of hydrogen-bond acceptors (Lipinski definition) is 7. The van der Waals surface area contributed by atoms with Gasteiger partial charge in [0.15, 0.2) is 16.1 Å². The molecule has 0 aliphatic carbocycles. The molecule has 162 valence electrons. The second kappa shape index (κ2) is 10.1. The van der Waals surface area contributed by atoms with Crippen LogP contribution in [0.2, 0.25) is 0 Å². The van der Waals surface area contributed by atoms with E-state index in [2.05, 4.69) is 26.7 Å². The molecule has 0 aliphatic heterocycles. The van der Waals surface area contributed by atoms with E-state index in [9.17, 15) is 4.79 Å². The number of hydrogen-bond donors (Lipinski definition) is 0. The molecule has 2 aromatic carbocycles. The van der Waals surface area contributed by atoms with Crippen LogP contribution in [-0.2, 0) is 12.3 Å². The zero-order valence-electron chi connectivity index (χ0n) is 18.0. The molecule has 0 saturated heterocycles. The van der Waals surface area contributed by atoms with Gasteiger partial charge in [-0.15, -0.1) is 16.8 Å². The van der Waals surface area contributed by atoms with Gasteiger partial charge in [-0.1, -0.05) is 66.0 Å². The molecule has 0 spiro atoms. The van der Waals surface area contributed by atoms with Gasteiger partial charge >= 0.3 is 0 Å². The molecule has 6 nitrogen and oxygen atoms in total. The number of carbonyl (C=O) groups excluding carboxylic acids is 1. The monoisotopic (exact) mass is 461 g/mol. The van der Waals surface area contributed by atoms with Crippen molar-refractivity contribution in [2.75, 3.05) is 5.75 Å². The molecule has 0 unspecified atom stereocenters. The Morgan fingerprint density at radius 2 is 1.75 bits per heavy atom. The number of carbonyl (C=O) groups is 1. The Kier molecular flexibility index (Phi) is 7.02. The number of nitrogens with zero attached hydrogens (tertiary/aromatic N) is 5. The molecule has 4 rings (SSSR count). The summed E-state index contributed by atoms with van der Waals surface area (Å²) < 4.78 is 1.99. The highest BCUT2D eigenvalue weighted by Gasteiger charge is 2.15. The van der Waals surface area contributed by atoms with E-state index in [-0.39, 0.29) is 5.78 Å². The van der Waals surface area contributed by atoms with Gasteiger partial charge in [0, 0.05) is 23.5 Å². The lowest BCUT2D eigenvalue weighted by Gasteiger charge is -2.08. The standard InChI is InChI=1S/C24H23N5OS2/c1-4-11-29-22(15-31-23-25-16(2)12-17(3)26-23)27-28-24(29)32-14-21(30)20-10-9-18-7-5-6-8-19(18)13-20/h4-10,12-13H,1,11,14-15H2,2-3H3. The van der Waals surface area contributed by atoms with E-state index >= 15 is 0 Å². The Hall–Kier alpha value is -2.97. The first-order valence-corrected chi connectivity index (χ1v) is 12.1. The zero-order valence-corrected chi connectivity index (χ0v) is 19.6. The smallest absolute Gasteiger partial charge is 0.191 e. The molecule has 32 heavy (non-hydrogen) atoms. The van der Waals surface area contributed by atoms with Crippen molar-refractivity contribution in [3.05, 3.63) is 84.0 Å². The van der Waals surface area contributed by atoms with E-state index in [1.165, 1.54) is 23.5 Å². The van der Waals surface area contributed by atoms with E-state index in [0.717, 1.165) is 33.1 Å². The van der Waals surface area contributed by atoms with Crippen LogP contribution in [0.4, 0.5) is 0 Å². The Morgan fingerprint density at radius 1 is 1.00 bits per heavy atom. The summed E-state index contributed by atoms with van der Waals surface area (Å²) in [6, 6.07) is 15.8. The van der Waals surface area contributed by atoms with Gasteiger partial charge in [-0.3, -0.25) is 4.79 Å². The van der Waals surface area contributed by atoms with Crippen LogP contribution in [0.25, 0.3) is 10.8 Å². The lowest BCUT2D eigenvalue weighted by atomic mass is 10.1. The molecule has 0 amide bonds. The third-order valence-electron chi connectivity index (χ3n) is 4.80. The van der Waals surface area contributed by atoms with Crippen LogP contribution >= 0.6 is 23.5 Å². The highest BCUT2D eigenvalue weighted by molar-refractivity contribution is 7.99. The third-order valence-corrected chi connectivity index (χ3v) is 6.61. The lowest BCUT2D eigenvalue weighted by molar-refractivity contribution is 0.102. The molecule has 4 aromatic rings. The first-order chi connectivity index (χ1) is 15.5. The summed E-state index contributed by atoms with van der Waals surface area (Å²) in [6.45, 7) is 8.34. The third kappa shape index (κ3) is 5.26. The van der Waals surface area contributed by atoms with Gasteiger partial charge in [-0.2, -0.15) is 0 Å². The molecule has 0 bridgehead atoms. The number of benzene rings is 2. The average molecular weight is 462 g/mol. The molecule has 2 aromatic heterocycles. The minimum absolute atomic E-state index is 0.0634. The minimum Gasteiger partial charge on any atom is -0.301 e. The first kappa shape index (κ1) is 22.2. The van der Waals surface area contributed by atoms with Crippen LogP contribution in [0.5, 0.6) is 0 Å². The van der Waals surface area contributed by atoms with Crippen LogP contribution in [-0.4, -0.2) is 36.3 Å². The maximum Gasteiger partial charge on any atom is 0.191 e. The van der Waals surface area contributed by atoms with Gasteiger partial charge in [0.2, 0.25) is 0 Å². The number of ketones is 1. The van der Waals surface area contributed by atoms with Gasteiger partial charge < -0.3 is 4.57 Å². The summed E-state index contributed by atoms with van der Waals surface area (Å²) in [5.74, 6) is 1.75. The SMILES string of the molecule is C=CCn1c(CSc2nc(C)cc(C)n2)nnc1SCC(=O)c1ccc2ccccc2c1. The number of aromatic nitrogens is 5. The fraction of sp³-hybridized carbons (Fsp3) is 0.208. The predicted molar refractivity (Wildman–Crippen MR) is 130 cm³/mol. The van der Waals surface area contributed by atoms with Crippen LogP contribution in [0, 0.1) is 13.8 Å². The quantitative estimate of drug-likeness (QED) is 0.145. The Labute approximate surface area is 195 Å². The summed E-state index contributed by atoms with van der Waals surface area (Å²) in [5.41, 5.74) is 2.58. The van der Waals surface area contributed by atoms with Crippen molar-refractivity contribution in [3.63, 3.8) is 0 Å². The van der Waals surface area contributed by atoms with Crippen molar-refractivity contribution >= 4 is 40.1 Å². The topological polar surface area (TPSA) is 73.6 Å². The molecule has 8 heteroatoms. The molecular weight excluding hydrogens is 438 g/mol. The molecule has 0 saturated carbocycles. The van der Waals surface area contributed by atoms with Crippen LogP contribution < -0.4 is 0 Å². The molecule has 2 heterocycles. The Bertz CT molecular complexity index is 1260. The van der Waals surface area contributed by atoms with Crippen LogP contribution in [0.1, 0.15) is 27.6 Å². The normalized spacial score (nSPS) is 11.1. The van der Waals surface area contributed by atoms with E-state index < -0.39 is 0 Å². The summed E-state index contributed by atoms with van der Waals surface area (Å²) in [5, 5.41) is 12.3. The highest BCUT2D eigenvalue weighted by Crippen LogP contribution is 2.24. The maximum atomic E-state index is 12.8. The lowest BCUT2D eigenvalue weighted by Crippen LogP contribution is -2.06. The van der Waals surface area contributed by atoms with Crippen molar-refractivity contribution in [1.29, 1.82) is 0 Å². The Morgan fingerprint density at radius 3 is 2.50 bits per heavy atom. The van der Waals surface area contributed by atoms with E-state index in [4.69, 9.17) is 0 Å². The number of rotatable bonds is 9. The molecule has 0 atom stereocenters. The molecule has 0 radical (unpaired) electrons. The maximum absolute atomic E-state index is 12.8. The summed E-state index contributed by atoms with van der Waals surface area (Å²) in [6.07, 6.45) is 1.81. The van der Waals surface area contributed by atoms with Gasteiger partial charge in [0.05, 0.1) is 11.5 Å². The van der Waals surface area contributed by atoms with Gasteiger partial charge in [0.1, 0.15) is 5.82 Å². The number of Topliss-reactive ketones (excluding diaryl/α,β-unsaturated/α-hetero) is 1. The Balaban J connectivity index is 1.45. The van der Waals surface area contributed by atoms with Crippen LogP contribution in [0.15, 0.2) is 71.5 Å². The van der Waals surface area contributed by atoms with E-state index in [1.807, 2.05) is 66.9 Å². The molecule has 0 fully saturated rings. The molecular formula is C24H23N5OS2. The van der Waals surface area contributed by atoms with Gasteiger partial charge in [0.25, 0.3) is 0 Å². The summed E-state index contributed by atoms with van der Waals surface area (Å²) in [4.78, 5) is 21.7. The number of aryl methyl sites for hydroxylation is 2. The van der Waals surface area contributed by atoms with Crippen molar-refractivity contribution in [3.8, 4) is 0 Å². The van der Waals surface area contributed by atoms with Crippen molar-refractivity contribution in [2.45, 2.75) is 36.5 Å². The van der Waals surface area contributed by atoms with E-state index in [1.54, 1.807) is 6.08 Å². The molecule has 0 aliphatic rings. The number of thioether (sulfide) groups is 2. The summed E-state index contributed by atoms with van der Waals surface area (Å²) >= 11 is 2.92. The first-order valence-electron chi connectivity index (χ1n) is 10.2. The minimum atomic E-state index is 0.0634. The zero-order chi connectivity index (χ0) is 22.5.